The van der Waals surface area contributed by atoms with E-state index in [1.165, 1.54) is 0 Å². The largest absolute Gasteiger partial charge is 0.389 e. The molecule has 5 nitrogen and oxygen atoms in total. The van der Waals surface area contributed by atoms with E-state index in [1.807, 2.05) is 20.8 Å². The van der Waals surface area contributed by atoms with Crippen molar-refractivity contribution in [3.05, 3.63) is 0 Å². The van der Waals surface area contributed by atoms with Crippen LogP contribution >= 0.6 is 0 Å². The molecule has 0 aromatic heterocycles. The molecular formula is C11H22N2O3. The lowest BCUT2D eigenvalue weighted by Crippen LogP contribution is -2.47. The minimum atomic E-state index is -0.730. The van der Waals surface area contributed by atoms with Gasteiger partial charge in [-0.3, -0.25) is 9.69 Å². The molecule has 16 heavy (non-hydrogen) atoms. The van der Waals surface area contributed by atoms with Gasteiger partial charge in [-0.05, 0) is 20.3 Å². The number of aliphatic hydroxyl groups excluding tert-OH is 2. The summed E-state index contributed by atoms with van der Waals surface area (Å²) in [7, 11) is 0. The van der Waals surface area contributed by atoms with Gasteiger partial charge in [0.1, 0.15) is 0 Å². The summed E-state index contributed by atoms with van der Waals surface area (Å²) in [6.07, 6.45) is -0.594. The second-order valence-corrected chi connectivity index (χ2v) is 5.11. The van der Waals surface area contributed by atoms with E-state index in [2.05, 4.69) is 5.32 Å². The maximum absolute atomic E-state index is 11.7. The van der Waals surface area contributed by atoms with Crippen LogP contribution in [0.5, 0.6) is 0 Å². The lowest BCUT2D eigenvalue weighted by molar-refractivity contribution is -0.123. The first-order valence-corrected chi connectivity index (χ1v) is 5.73. The van der Waals surface area contributed by atoms with E-state index in [-0.39, 0.29) is 18.0 Å². The molecule has 3 N–H and O–H groups in total. The van der Waals surface area contributed by atoms with Gasteiger partial charge in [0.05, 0.1) is 18.8 Å². The number of amides is 1. The van der Waals surface area contributed by atoms with Crippen molar-refractivity contribution < 1.29 is 15.0 Å². The average molecular weight is 230 g/mol. The number of nitrogens with zero attached hydrogens (tertiary/aromatic N) is 1. The Morgan fingerprint density at radius 1 is 1.38 bits per heavy atom. The number of rotatable bonds is 4. The standard InChI is InChI=1S/C11H22N2O3/c1-4-11(2,3)12-10(16)7-13-5-8(14)9(15)6-13/h8-9,14-15H,4-7H2,1-3H3,(H,12,16). The molecule has 0 radical (unpaired) electrons. The van der Waals surface area contributed by atoms with Crippen LogP contribution in [-0.2, 0) is 4.79 Å². The Balaban J connectivity index is 2.36. The summed E-state index contributed by atoms with van der Waals surface area (Å²) in [5.41, 5.74) is -0.200. The minimum Gasteiger partial charge on any atom is -0.389 e. The zero-order valence-corrected chi connectivity index (χ0v) is 10.2. The fraction of sp³-hybridized carbons (Fsp3) is 0.909. The normalized spacial score (nSPS) is 27.1. The van der Waals surface area contributed by atoms with E-state index in [0.29, 0.717) is 13.1 Å². The van der Waals surface area contributed by atoms with Gasteiger partial charge in [0.2, 0.25) is 5.91 Å². The van der Waals surface area contributed by atoms with Crippen LogP contribution in [0.15, 0.2) is 0 Å². The lowest BCUT2D eigenvalue weighted by Gasteiger charge is -2.26. The Morgan fingerprint density at radius 2 is 1.88 bits per heavy atom. The van der Waals surface area contributed by atoms with Gasteiger partial charge in [-0.2, -0.15) is 0 Å². The molecule has 0 aromatic carbocycles. The van der Waals surface area contributed by atoms with Gasteiger partial charge in [-0.15, -0.1) is 0 Å². The van der Waals surface area contributed by atoms with Crippen molar-refractivity contribution in [1.29, 1.82) is 0 Å². The molecule has 1 aliphatic heterocycles. The van der Waals surface area contributed by atoms with Crippen LogP contribution in [0.3, 0.4) is 0 Å². The van der Waals surface area contributed by atoms with Crippen molar-refractivity contribution in [2.75, 3.05) is 19.6 Å². The summed E-state index contributed by atoms with van der Waals surface area (Å²) in [6, 6.07) is 0. The number of carbonyl (C=O) groups is 1. The predicted molar refractivity (Wildman–Crippen MR) is 61.0 cm³/mol. The van der Waals surface area contributed by atoms with Crippen molar-refractivity contribution >= 4 is 5.91 Å². The molecule has 0 saturated carbocycles. The van der Waals surface area contributed by atoms with Crippen LogP contribution in [0, 0.1) is 0 Å². The molecule has 1 rings (SSSR count). The van der Waals surface area contributed by atoms with Gasteiger partial charge in [-0.25, -0.2) is 0 Å². The molecule has 1 aliphatic rings. The summed E-state index contributed by atoms with van der Waals surface area (Å²) < 4.78 is 0. The van der Waals surface area contributed by atoms with Crippen LogP contribution in [0.1, 0.15) is 27.2 Å². The number of aliphatic hydroxyl groups is 2. The van der Waals surface area contributed by atoms with E-state index in [9.17, 15) is 15.0 Å². The third-order valence-corrected chi connectivity index (χ3v) is 3.06. The Morgan fingerprint density at radius 3 is 2.31 bits per heavy atom. The topological polar surface area (TPSA) is 72.8 Å². The Kier molecular flexibility index (Phi) is 4.29. The lowest BCUT2D eigenvalue weighted by atomic mass is 10.0. The molecule has 2 atom stereocenters. The molecule has 2 unspecified atom stereocenters. The number of β-amino-alcohol motifs (C(OH)–C–C–N with tert-alkyl or cyclic N) is 2. The highest BCUT2D eigenvalue weighted by Crippen LogP contribution is 2.10. The summed E-state index contributed by atoms with van der Waals surface area (Å²) in [6.45, 7) is 6.92. The second kappa shape index (κ2) is 5.12. The molecule has 1 saturated heterocycles. The van der Waals surface area contributed by atoms with Crippen molar-refractivity contribution in [2.45, 2.75) is 44.9 Å². The fourth-order valence-corrected chi connectivity index (χ4v) is 1.68. The molecular weight excluding hydrogens is 208 g/mol. The Bertz CT molecular complexity index is 246. The maximum Gasteiger partial charge on any atom is 0.234 e. The molecule has 94 valence electrons. The highest BCUT2D eigenvalue weighted by molar-refractivity contribution is 5.78. The summed E-state index contributed by atoms with van der Waals surface area (Å²) in [5, 5.41) is 21.6. The molecule has 1 amide bonds. The monoisotopic (exact) mass is 230 g/mol. The number of nitrogens with one attached hydrogen (secondary N) is 1. The van der Waals surface area contributed by atoms with Crippen LogP contribution in [0.2, 0.25) is 0 Å². The van der Waals surface area contributed by atoms with Gasteiger partial charge in [0.25, 0.3) is 0 Å². The summed E-state index contributed by atoms with van der Waals surface area (Å²) in [5.74, 6) is -0.0619. The molecule has 1 fully saturated rings. The van der Waals surface area contributed by atoms with Crippen LogP contribution < -0.4 is 5.32 Å². The molecule has 0 aliphatic carbocycles. The molecule has 0 spiro atoms. The first kappa shape index (κ1) is 13.4. The predicted octanol–water partition coefficient (Wildman–Crippen LogP) is -0.671. The minimum absolute atomic E-state index is 0.0619. The summed E-state index contributed by atoms with van der Waals surface area (Å²) in [4.78, 5) is 13.4. The molecule has 0 bridgehead atoms. The van der Waals surface area contributed by atoms with E-state index in [4.69, 9.17) is 0 Å². The van der Waals surface area contributed by atoms with Crippen molar-refractivity contribution in [2.24, 2.45) is 0 Å². The SMILES string of the molecule is CCC(C)(C)NC(=O)CN1CC(O)C(O)C1. The summed E-state index contributed by atoms with van der Waals surface area (Å²) >= 11 is 0. The third-order valence-electron chi connectivity index (χ3n) is 3.06. The fourth-order valence-electron chi connectivity index (χ4n) is 1.68. The smallest absolute Gasteiger partial charge is 0.234 e. The first-order valence-electron chi connectivity index (χ1n) is 5.73. The van der Waals surface area contributed by atoms with E-state index < -0.39 is 12.2 Å². The number of hydrogen-bond acceptors (Lipinski definition) is 4. The van der Waals surface area contributed by atoms with E-state index in [1.54, 1.807) is 4.90 Å². The molecule has 5 heteroatoms. The highest BCUT2D eigenvalue weighted by atomic mass is 16.3. The van der Waals surface area contributed by atoms with Crippen LogP contribution in [0.4, 0.5) is 0 Å². The van der Waals surface area contributed by atoms with Crippen LogP contribution in [-0.4, -0.2) is 58.4 Å². The quantitative estimate of drug-likeness (QED) is 0.599. The van der Waals surface area contributed by atoms with E-state index >= 15 is 0 Å². The molecule has 0 aromatic rings. The van der Waals surface area contributed by atoms with Crippen molar-refractivity contribution in [3.8, 4) is 0 Å². The number of likely N-dealkylation sites (tertiary alicyclic amines) is 1. The third kappa shape index (κ3) is 3.73. The zero-order valence-electron chi connectivity index (χ0n) is 10.2. The molecule has 1 heterocycles. The van der Waals surface area contributed by atoms with Crippen molar-refractivity contribution in [1.82, 2.24) is 10.2 Å². The second-order valence-electron chi connectivity index (χ2n) is 5.11. The van der Waals surface area contributed by atoms with Crippen molar-refractivity contribution in [3.63, 3.8) is 0 Å². The van der Waals surface area contributed by atoms with E-state index in [0.717, 1.165) is 6.42 Å². The first-order chi connectivity index (χ1) is 7.34. The van der Waals surface area contributed by atoms with Gasteiger partial charge in [0, 0.05) is 18.6 Å². The van der Waals surface area contributed by atoms with Gasteiger partial charge in [-0.1, -0.05) is 6.92 Å². The highest BCUT2D eigenvalue weighted by Gasteiger charge is 2.31. The number of hydrogen-bond donors (Lipinski definition) is 3. The van der Waals surface area contributed by atoms with Crippen LogP contribution in [0.25, 0.3) is 0 Å². The van der Waals surface area contributed by atoms with Gasteiger partial charge < -0.3 is 15.5 Å². The Labute approximate surface area is 96.4 Å². The zero-order chi connectivity index (χ0) is 12.3. The maximum atomic E-state index is 11.7. The van der Waals surface area contributed by atoms with Gasteiger partial charge >= 0.3 is 0 Å². The number of carbonyl (C=O) groups excluding carboxylic acids is 1. The average Bonchev–Trinajstić information content (AvgIpc) is 2.44. The van der Waals surface area contributed by atoms with Gasteiger partial charge in [0.15, 0.2) is 0 Å². The Hall–Kier alpha value is -0.650.